The average molecular weight is 211 g/mol. The fraction of sp³-hybridized carbons (Fsp3) is 1.00. The molecule has 0 amide bonds. The molecule has 1 atom stereocenters. The summed E-state index contributed by atoms with van der Waals surface area (Å²) >= 11 is 0. The van der Waals surface area contributed by atoms with Gasteiger partial charge in [-0.15, -0.1) is 0 Å². The van der Waals surface area contributed by atoms with Crippen molar-refractivity contribution in [2.75, 3.05) is 39.3 Å². The van der Waals surface area contributed by atoms with Crippen LogP contribution in [0.3, 0.4) is 0 Å². The van der Waals surface area contributed by atoms with Gasteiger partial charge in [0.1, 0.15) is 0 Å². The number of hydrogen-bond acceptors (Lipinski definition) is 3. The van der Waals surface area contributed by atoms with Gasteiger partial charge < -0.3 is 15.5 Å². The van der Waals surface area contributed by atoms with Crippen LogP contribution in [0.2, 0.25) is 0 Å². The van der Waals surface area contributed by atoms with Crippen molar-refractivity contribution in [3.8, 4) is 0 Å². The number of rotatable bonds is 3. The van der Waals surface area contributed by atoms with E-state index in [1.807, 2.05) is 0 Å². The monoisotopic (exact) mass is 211 g/mol. The van der Waals surface area contributed by atoms with Crippen LogP contribution in [0.1, 0.15) is 26.2 Å². The minimum atomic E-state index is 0.445. The fourth-order valence-electron chi connectivity index (χ4n) is 2.88. The Morgan fingerprint density at radius 1 is 1.07 bits per heavy atom. The van der Waals surface area contributed by atoms with Crippen LogP contribution in [0.15, 0.2) is 0 Å². The summed E-state index contributed by atoms with van der Waals surface area (Å²) in [6.45, 7) is 9.76. The first-order chi connectivity index (χ1) is 7.28. The second-order valence-corrected chi connectivity index (χ2v) is 5.19. The maximum Gasteiger partial charge on any atom is 0.0180 e. The molecule has 2 fully saturated rings. The first-order valence-corrected chi connectivity index (χ1v) is 6.48. The van der Waals surface area contributed by atoms with Crippen molar-refractivity contribution in [1.29, 1.82) is 0 Å². The molecular formula is C12H25N3. The summed E-state index contributed by atoms with van der Waals surface area (Å²) < 4.78 is 0. The minimum Gasteiger partial charge on any atom is -0.326 e. The van der Waals surface area contributed by atoms with Crippen molar-refractivity contribution < 1.29 is 0 Å². The lowest BCUT2D eigenvalue weighted by molar-refractivity contribution is 0.159. The predicted octanol–water partition coefficient (Wildman–Crippen LogP) is 0.751. The Bertz CT molecular complexity index is 187. The Morgan fingerprint density at radius 2 is 1.73 bits per heavy atom. The Kier molecular flexibility index (Phi) is 4.00. The number of nitrogens with two attached hydrogens (primary N) is 1. The quantitative estimate of drug-likeness (QED) is 0.748. The van der Waals surface area contributed by atoms with Crippen molar-refractivity contribution in [3.05, 3.63) is 0 Å². The van der Waals surface area contributed by atoms with Crippen LogP contribution in [-0.2, 0) is 0 Å². The third kappa shape index (κ3) is 3.16. The maximum atomic E-state index is 5.92. The highest BCUT2D eigenvalue weighted by molar-refractivity contribution is 4.81. The molecule has 2 aliphatic rings. The molecule has 15 heavy (non-hydrogen) atoms. The molecule has 3 heteroatoms. The van der Waals surface area contributed by atoms with Crippen LogP contribution in [0, 0.1) is 5.92 Å². The summed E-state index contributed by atoms with van der Waals surface area (Å²) in [4.78, 5) is 5.13. The van der Waals surface area contributed by atoms with Gasteiger partial charge in [0.25, 0.3) is 0 Å². The van der Waals surface area contributed by atoms with E-state index < -0.39 is 0 Å². The summed E-state index contributed by atoms with van der Waals surface area (Å²) in [7, 11) is 0. The maximum absolute atomic E-state index is 5.92. The number of likely N-dealkylation sites (tertiary alicyclic amines) is 2. The highest BCUT2D eigenvalue weighted by Gasteiger charge is 2.24. The Balaban J connectivity index is 1.68. The van der Waals surface area contributed by atoms with Crippen molar-refractivity contribution in [1.82, 2.24) is 9.80 Å². The zero-order valence-corrected chi connectivity index (χ0v) is 9.99. The predicted molar refractivity (Wildman–Crippen MR) is 63.9 cm³/mol. The lowest BCUT2D eigenvalue weighted by atomic mass is 9.96. The molecule has 0 spiro atoms. The van der Waals surface area contributed by atoms with E-state index in [9.17, 15) is 0 Å². The Morgan fingerprint density at radius 3 is 2.27 bits per heavy atom. The molecular weight excluding hydrogens is 186 g/mol. The van der Waals surface area contributed by atoms with Crippen molar-refractivity contribution >= 4 is 0 Å². The van der Waals surface area contributed by atoms with Gasteiger partial charge in [-0.2, -0.15) is 0 Å². The molecule has 2 heterocycles. The molecule has 2 aliphatic heterocycles. The standard InChI is InChI=1S/C12H25N3/c1-2-14-6-3-11(4-7-14)9-15-8-5-12(13)10-15/h11-12H,2-10,13H2,1H3. The zero-order valence-electron chi connectivity index (χ0n) is 9.99. The topological polar surface area (TPSA) is 32.5 Å². The summed E-state index contributed by atoms with van der Waals surface area (Å²) in [6, 6.07) is 0.445. The van der Waals surface area contributed by atoms with Gasteiger partial charge >= 0.3 is 0 Å². The molecule has 0 aliphatic carbocycles. The zero-order chi connectivity index (χ0) is 10.7. The highest BCUT2D eigenvalue weighted by Crippen LogP contribution is 2.20. The second kappa shape index (κ2) is 5.28. The number of hydrogen-bond donors (Lipinski definition) is 1. The van der Waals surface area contributed by atoms with Crippen LogP contribution in [0.5, 0.6) is 0 Å². The molecule has 2 N–H and O–H groups in total. The van der Waals surface area contributed by atoms with Crippen LogP contribution in [0.4, 0.5) is 0 Å². The molecule has 88 valence electrons. The van der Waals surface area contributed by atoms with Gasteiger partial charge in [-0.05, 0) is 51.4 Å². The highest BCUT2D eigenvalue weighted by atomic mass is 15.2. The van der Waals surface area contributed by atoms with Gasteiger partial charge in [0.15, 0.2) is 0 Å². The van der Waals surface area contributed by atoms with Crippen LogP contribution in [0.25, 0.3) is 0 Å². The third-order valence-corrected chi connectivity index (χ3v) is 3.98. The molecule has 2 saturated heterocycles. The molecule has 0 radical (unpaired) electrons. The van der Waals surface area contributed by atoms with E-state index in [-0.39, 0.29) is 0 Å². The second-order valence-electron chi connectivity index (χ2n) is 5.19. The molecule has 0 aromatic heterocycles. The fourth-order valence-corrected chi connectivity index (χ4v) is 2.88. The molecule has 0 bridgehead atoms. The van der Waals surface area contributed by atoms with Crippen molar-refractivity contribution in [2.45, 2.75) is 32.2 Å². The summed E-state index contributed by atoms with van der Waals surface area (Å²) in [5.41, 5.74) is 5.92. The van der Waals surface area contributed by atoms with Gasteiger partial charge in [0, 0.05) is 19.1 Å². The molecule has 0 saturated carbocycles. The van der Waals surface area contributed by atoms with Gasteiger partial charge in [-0.1, -0.05) is 6.92 Å². The number of nitrogens with zero attached hydrogens (tertiary/aromatic N) is 2. The third-order valence-electron chi connectivity index (χ3n) is 3.98. The lowest BCUT2D eigenvalue weighted by Crippen LogP contribution is -2.38. The van der Waals surface area contributed by atoms with E-state index in [0.717, 1.165) is 12.5 Å². The van der Waals surface area contributed by atoms with E-state index in [2.05, 4.69) is 16.7 Å². The summed E-state index contributed by atoms with van der Waals surface area (Å²) in [6.07, 6.45) is 3.98. The van der Waals surface area contributed by atoms with E-state index in [1.54, 1.807) is 0 Å². The van der Waals surface area contributed by atoms with Crippen LogP contribution < -0.4 is 5.73 Å². The van der Waals surface area contributed by atoms with Gasteiger partial charge in [0.05, 0.1) is 0 Å². The molecule has 2 rings (SSSR count). The van der Waals surface area contributed by atoms with E-state index >= 15 is 0 Å². The van der Waals surface area contributed by atoms with E-state index in [4.69, 9.17) is 5.73 Å². The van der Waals surface area contributed by atoms with Crippen molar-refractivity contribution in [3.63, 3.8) is 0 Å². The smallest absolute Gasteiger partial charge is 0.0180 e. The first kappa shape index (κ1) is 11.4. The molecule has 0 aromatic rings. The first-order valence-electron chi connectivity index (χ1n) is 6.48. The number of piperidine rings is 1. The summed E-state index contributed by atoms with van der Waals surface area (Å²) in [5, 5.41) is 0. The Labute approximate surface area is 93.6 Å². The lowest BCUT2D eigenvalue weighted by Gasteiger charge is -2.33. The van der Waals surface area contributed by atoms with Crippen LogP contribution >= 0.6 is 0 Å². The van der Waals surface area contributed by atoms with Gasteiger partial charge in [-0.25, -0.2) is 0 Å². The van der Waals surface area contributed by atoms with Gasteiger partial charge in [-0.3, -0.25) is 0 Å². The molecule has 0 aromatic carbocycles. The largest absolute Gasteiger partial charge is 0.326 e. The summed E-state index contributed by atoms with van der Waals surface area (Å²) in [5.74, 6) is 0.929. The average Bonchev–Trinajstić information content (AvgIpc) is 2.65. The van der Waals surface area contributed by atoms with E-state index in [0.29, 0.717) is 6.04 Å². The Hall–Kier alpha value is -0.120. The van der Waals surface area contributed by atoms with Crippen LogP contribution in [-0.4, -0.2) is 55.1 Å². The SMILES string of the molecule is CCN1CCC(CN2CCC(N)C2)CC1. The van der Waals surface area contributed by atoms with Gasteiger partial charge in [0.2, 0.25) is 0 Å². The van der Waals surface area contributed by atoms with E-state index in [1.165, 1.54) is 52.0 Å². The normalized spacial score (nSPS) is 31.2. The molecule has 3 nitrogen and oxygen atoms in total. The van der Waals surface area contributed by atoms with Crippen molar-refractivity contribution in [2.24, 2.45) is 11.7 Å². The molecule has 1 unspecified atom stereocenters. The minimum absolute atomic E-state index is 0.445.